The number of H-pyrrole nitrogens is 1. The lowest BCUT2D eigenvalue weighted by atomic mass is 10.1. The van der Waals surface area contributed by atoms with Crippen molar-refractivity contribution < 1.29 is 14.7 Å². The number of imidazole rings is 1. The normalized spacial score (nSPS) is 11.8. The Hall–Kier alpha value is -2.41. The van der Waals surface area contributed by atoms with E-state index in [4.69, 9.17) is 16.7 Å². The zero-order valence-electron chi connectivity index (χ0n) is 10.2. The number of nitrogens with one attached hydrogen (secondary N) is 2. The van der Waals surface area contributed by atoms with Gasteiger partial charge in [0.15, 0.2) is 0 Å². The largest absolute Gasteiger partial charge is 0.480 e. The highest BCUT2D eigenvalue weighted by Gasteiger charge is 2.21. The molecule has 104 valence electrons. The molecule has 0 unspecified atom stereocenters. The Bertz CT molecular complexity index is 615. The minimum absolute atomic E-state index is 0.111. The number of nitrogens with zero attached hydrogens (tertiary/aromatic N) is 2. The molecule has 0 aliphatic rings. The molecule has 0 fully saturated rings. The van der Waals surface area contributed by atoms with Gasteiger partial charge in [0, 0.05) is 30.1 Å². The summed E-state index contributed by atoms with van der Waals surface area (Å²) in [6, 6.07) is 1.76. The second kappa shape index (κ2) is 6.16. The Morgan fingerprint density at radius 2 is 2.30 bits per heavy atom. The quantitative estimate of drug-likeness (QED) is 0.710. The number of carboxylic acids is 1. The Balaban J connectivity index is 2.08. The summed E-state index contributed by atoms with van der Waals surface area (Å²) in [5.41, 5.74) is 0.867. The molecule has 8 heteroatoms. The van der Waals surface area contributed by atoms with Gasteiger partial charge in [0.25, 0.3) is 5.91 Å². The SMILES string of the molecule is O=C(N[C@@H](Cc1cnc[nH]1)C(=O)O)c1ccnc(Cl)c1. The van der Waals surface area contributed by atoms with E-state index >= 15 is 0 Å². The van der Waals surface area contributed by atoms with Gasteiger partial charge in [-0.2, -0.15) is 0 Å². The summed E-state index contributed by atoms with van der Waals surface area (Å²) >= 11 is 5.68. The van der Waals surface area contributed by atoms with Crippen molar-refractivity contribution >= 4 is 23.5 Å². The van der Waals surface area contributed by atoms with Gasteiger partial charge < -0.3 is 15.4 Å². The molecule has 1 atom stereocenters. The third kappa shape index (κ3) is 3.55. The first-order chi connectivity index (χ1) is 9.56. The number of carbonyl (C=O) groups is 2. The first-order valence-electron chi connectivity index (χ1n) is 5.68. The number of aromatic nitrogens is 3. The van der Waals surface area contributed by atoms with Crippen LogP contribution in [-0.4, -0.2) is 38.0 Å². The fourth-order valence-electron chi connectivity index (χ4n) is 1.60. The highest BCUT2D eigenvalue weighted by Crippen LogP contribution is 2.08. The van der Waals surface area contributed by atoms with Crippen molar-refractivity contribution in [2.45, 2.75) is 12.5 Å². The van der Waals surface area contributed by atoms with Gasteiger partial charge in [0.2, 0.25) is 0 Å². The number of amides is 1. The minimum Gasteiger partial charge on any atom is -0.480 e. The van der Waals surface area contributed by atoms with Crippen LogP contribution in [0.25, 0.3) is 0 Å². The Labute approximate surface area is 119 Å². The van der Waals surface area contributed by atoms with E-state index in [9.17, 15) is 9.59 Å². The maximum absolute atomic E-state index is 12.0. The molecule has 0 saturated carbocycles. The minimum atomic E-state index is -1.13. The van der Waals surface area contributed by atoms with Crippen LogP contribution in [-0.2, 0) is 11.2 Å². The molecule has 20 heavy (non-hydrogen) atoms. The standard InChI is InChI=1S/C12H11ClN4O3/c13-10-3-7(1-2-15-10)11(18)17-9(12(19)20)4-8-5-14-6-16-8/h1-3,5-6,9H,4H2,(H,14,16)(H,17,18)(H,19,20)/t9-/m0/s1. The van der Waals surface area contributed by atoms with Crippen molar-refractivity contribution in [3.05, 3.63) is 47.3 Å². The molecule has 0 spiro atoms. The van der Waals surface area contributed by atoms with Gasteiger partial charge >= 0.3 is 5.97 Å². The maximum atomic E-state index is 12.0. The molecule has 3 N–H and O–H groups in total. The molecule has 2 aromatic heterocycles. The Morgan fingerprint density at radius 3 is 2.90 bits per heavy atom. The fourth-order valence-corrected chi connectivity index (χ4v) is 1.78. The maximum Gasteiger partial charge on any atom is 0.326 e. The zero-order valence-corrected chi connectivity index (χ0v) is 11.0. The third-order valence-electron chi connectivity index (χ3n) is 2.57. The van der Waals surface area contributed by atoms with Gasteiger partial charge in [0.1, 0.15) is 11.2 Å². The van der Waals surface area contributed by atoms with E-state index in [-0.39, 0.29) is 17.1 Å². The number of rotatable bonds is 5. The molecule has 7 nitrogen and oxygen atoms in total. The van der Waals surface area contributed by atoms with Crippen LogP contribution >= 0.6 is 11.6 Å². The van der Waals surface area contributed by atoms with E-state index in [0.717, 1.165) is 0 Å². The highest BCUT2D eigenvalue weighted by molar-refractivity contribution is 6.29. The van der Waals surface area contributed by atoms with E-state index < -0.39 is 17.9 Å². The van der Waals surface area contributed by atoms with Gasteiger partial charge in [-0.3, -0.25) is 4.79 Å². The molecular weight excluding hydrogens is 284 g/mol. The number of hydrogen-bond acceptors (Lipinski definition) is 4. The first kappa shape index (κ1) is 14.0. The Kier molecular flexibility index (Phi) is 4.31. The van der Waals surface area contributed by atoms with Crippen molar-refractivity contribution in [2.24, 2.45) is 0 Å². The van der Waals surface area contributed by atoms with Crippen molar-refractivity contribution in [2.75, 3.05) is 0 Å². The second-order valence-electron chi connectivity index (χ2n) is 4.01. The summed E-state index contributed by atoms with van der Waals surface area (Å²) in [6.45, 7) is 0. The monoisotopic (exact) mass is 294 g/mol. The predicted octanol–water partition coefficient (Wildman–Crippen LogP) is 0.884. The van der Waals surface area contributed by atoms with Gasteiger partial charge in [-0.1, -0.05) is 11.6 Å². The topological polar surface area (TPSA) is 108 Å². The molecule has 0 radical (unpaired) electrons. The van der Waals surface area contributed by atoms with Crippen LogP contribution in [0.3, 0.4) is 0 Å². The average Bonchev–Trinajstić information content (AvgIpc) is 2.90. The number of carbonyl (C=O) groups excluding carboxylic acids is 1. The molecule has 0 aliphatic carbocycles. The lowest BCUT2D eigenvalue weighted by Crippen LogP contribution is -2.42. The summed E-state index contributed by atoms with van der Waals surface area (Å²) in [7, 11) is 0. The Morgan fingerprint density at radius 1 is 1.50 bits per heavy atom. The summed E-state index contributed by atoms with van der Waals surface area (Å²) in [6.07, 6.45) is 4.44. The molecule has 2 heterocycles. The van der Waals surface area contributed by atoms with E-state index in [0.29, 0.717) is 5.69 Å². The summed E-state index contributed by atoms with van der Waals surface area (Å²) < 4.78 is 0. The van der Waals surface area contributed by atoms with Crippen LogP contribution in [0.2, 0.25) is 5.15 Å². The highest BCUT2D eigenvalue weighted by atomic mass is 35.5. The van der Waals surface area contributed by atoms with Crippen LogP contribution in [0.15, 0.2) is 30.9 Å². The van der Waals surface area contributed by atoms with Gasteiger partial charge in [0.05, 0.1) is 6.33 Å². The summed E-state index contributed by atoms with van der Waals surface area (Å²) in [5.74, 6) is -1.66. The smallest absolute Gasteiger partial charge is 0.326 e. The van der Waals surface area contributed by atoms with Crippen LogP contribution in [0.5, 0.6) is 0 Å². The van der Waals surface area contributed by atoms with Gasteiger partial charge in [-0.05, 0) is 12.1 Å². The van der Waals surface area contributed by atoms with E-state index in [1.807, 2.05) is 0 Å². The van der Waals surface area contributed by atoms with Crippen molar-refractivity contribution in [1.29, 1.82) is 0 Å². The van der Waals surface area contributed by atoms with Crippen LogP contribution in [0.1, 0.15) is 16.1 Å². The molecular formula is C12H11ClN4O3. The molecule has 2 aromatic rings. The van der Waals surface area contributed by atoms with Gasteiger partial charge in [-0.15, -0.1) is 0 Å². The summed E-state index contributed by atoms with van der Waals surface area (Å²) in [5, 5.41) is 11.7. The van der Waals surface area contributed by atoms with Crippen molar-refractivity contribution in [3.8, 4) is 0 Å². The van der Waals surface area contributed by atoms with E-state index in [1.165, 1.54) is 30.9 Å². The molecule has 0 bridgehead atoms. The molecule has 0 saturated heterocycles. The number of aliphatic carboxylic acids is 1. The van der Waals surface area contributed by atoms with Crippen molar-refractivity contribution in [1.82, 2.24) is 20.3 Å². The summed E-state index contributed by atoms with van der Waals surface area (Å²) in [4.78, 5) is 33.5. The number of aromatic amines is 1. The number of carboxylic acid groups (broad SMARTS) is 1. The number of halogens is 1. The van der Waals surface area contributed by atoms with Gasteiger partial charge in [-0.25, -0.2) is 14.8 Å². The zero-order chi connectivity index (χ0) is 14.5. The molecule has 1 amide bonds. The predicted molar refractivity (Wildman–Crippen MR) is 70.4 cm³/mol. The second-order valence-corrected chi connectivity index (χ2v) is 4.40. The third-order valence-corrected chi connectivity index (χ3v) is 2.78. The fraction of sp³-hybridized carbons (Fsp3) is 0.167. The van der Waals surface area contributed by atoms with Crippen LogP contribution < -0.4 is 5.32 Å². The average molecular weight is 295 g/mol. The molecule has 0 aliphatic heterocycles. The number of pyridine rings is 1. The molecule has 2 rings (SSSR count). The van der Waals surface area contributed by atoms with Crippen LogP contribution in [0.4, 0.5) is 0 Å². The lowest BCUT2D eigenvalue weighted by molar-refractivity contribution is -0.139. The molecule has 0 aromatic carbocycles. The van der Waals surface area contributed by atoms with Crippen molar-refractivity contribution in [3.63, 3.8) is 0 Å². The van der Waals surface area contributed by atoms with E-state index in [1.54, 1.807) is 0 Å². The number of hydrogen-bond donors (Lipinski definition) is 3. The van der Waals surface area contributed by atoms with Crippen LogP contribution in [0, 0.1) is 0 Å². The first-order valence-corrected chi connectivity index (χ1v) is 6.06. The van der Waals surface area contributed by atoms with E-state index in [2.05, 4.69) is 20.3 Å². The lowest BCUT2D eigenvalue weighted by Gasteiger charge is -2.13.